The highest BCUT2D eigenvalue weighted by Gasteiger charge is 2.18. The molecule has 0 fully saturated rings. The molecule has 80 valence electrons. The van der Waals surface area contributed by atoms with Crippen LogP contribution in [0.2, 0.25) is 0 Å². The molecule has 0 spiro atoms. The topological polar surface area (TPSA) is 80.7 Å². The second-order valence-corrected chi connectivity index (χ2v) is 4.57. The van der Waals surface area contributed by atoms with Crippen molar-refractivity contribution >= 4 is 16.1 Å². The maximum absolute atomic E-state index is 10.9. The van der Waals surface area contributed by atoms with Crippen LogP contribution in [0.5, 0.6) is 0 Å². The molecule has 1 rings (SSSR count). The van der Waals surface area contributed by atoms with Gasteiger partial charge in [-0.3, -0.25) is 9.35 Å². The number of ether oxygens (including phenoxy) is 1. The Morgan fingerprint density at radius 2 is 2.29 bits per heavy atom. The summed E-state index contributed by atoms with van der Waals surface area (Å²) in [6, 6.07) is 0. The van der Waals surface area contributed by atoms with Crippen molar-refractivity contribution in [2.45, 2.75) is 25.4 Å². The molecular weight excluding hydrogens is 208 g/mol. The van der Waals surface area contributed by atoms with E-state index >= 15 is 0 Å². The van der Waals surface area contributed by atoms with Crippen molar-refractivity contribution in [3.05, 3.63) is 12.2 Å². The molecule has 5 nitrogen and oxygen atoms in total. The first kappa shape index (κ1) is 11.2. The monoisotopic (exact) mass is 220 g/mol. The molecule has 0 aromatic carbocycles. The van der Waals surface area contributed by atoms with E-state index in [-0.39, 0.29) is 6.10 Å². The summed E-state index contributed by atoms with van der Waals surface area (Å²) in [5.41, 5.74) is 0. The summed E-state index contributed by atoms with van der Waals surface area (Å²) in [7, 11) is -4.27. The van der Waals surface area contributed by atoms with Gasteiger partial charge in [0, 0.05) is 0 Å². The Hall–Kier alpha value is -0.880. The van der Waals surface area contributed by atoms with Gasteiger partial charge in [-0.2, -0.15) is 8.42 Å². The average molecular weight is 220 g/mol. The lowest BCUT2D eigenvalue weighted by molar-refractivity contribution is -0.144. The summed E-state index contributed by atoms with van der Waals surface area (Å²) in [5.74, 6) is -1.89. The summed E-state index contributed by atoms with van der Waals surface area (Å²) in [6.45, 7) is 0. The lowest BCUT2D eigenvalue weighted by Gasteiger charge is -2.16. The molecule has 1 aliphatic rings. The number of rotatable bonds is 3. The SMILES string of the molecule is O=C(CS(=O)(=O)O)O[C@@H]1C=CCCC1. The third kappa shape index (κ3) is 4.38. The van der Waals surface area contributed by atoms with E-state index in [1.54, 1.807) is 6.08 Å². The minimum Gasteiger partial charge on any atom is -0.457 e. The van der Waals surface area contributed by atoms with Gasteiger partial charge < -0.3 is 4.74 Å². The molecule has 0 amide bonds. The molecule has 0 saturated heterocycles. The molecule has 0 aromatic heterocycles. The Kier molecular flexibility index (Phi) is 3.65. The molecule has 0 bridgehead atoms. The van der Waals surface area contributed by atoms with Gasteiger partial charge >= 0.3 is 5.97 Å². The number of hydrogen-bond donors (Lipinski definition) is 1. The maximum Gasteiger partial charge on any atom is 0.324 e. The van der Waals surface area contributed by atoms with Crippen molar-refractivity contribution in [2.75, 3.05) is 5.75 Å². The quantitative estimate of drug-likeness (QED) is 0.426. The van der Waals surface area contributed by atoms with Crippen LogP contribution in [0, 0.1) is 0 Å². The normalized spacial score (nSPS) is 21.9. The molecule has 0 saturated carbocycles. The van der Waals surface area contributed by atoms with Gasteiger partial charge in [0.2, 0.25) is 0 Å². The number of hydrogen-bond acceptors (Lipinski definition) is 4. The van der Waals surface area contributed by atoms with E-state index in [9.17, 15) is 13.2 Å². The first-order valence-electron chi connectivity index (χ1n) is 4.29. The minimum absolute atomic E-state index is 0.349. The Labute approximate surface area is 82.5 Å². The Morgan fingerprint density at radius 1 is 1.57 bits per heavy atom. The Bertz CT molecular complexity index is 330. The second kappa shape index (κ2) is 4.56. The molecule has 1 aliphatic carbocycles. The molecule has 1 N–H and O–H groups in total. The average Bonchev–Trinajstić information content (AvgIpc) is 2.02. The first-order chi connectivity index (χ1) is 6.47. The molecular formula is C8H12O5S. The molecule has 0 aliphatic heterocycles. The number of allylic oxidation sites excluding steroid dienone is 1. The van der Waals surface area contributed by atoms with Crippen LogP contribution >= 0.6 is 0 Å². The third-order valence-corrected chi connectivity index (χ3v) is 2.39. The number of esters is 1. The fraction of sp³-hybridized carbons (Fsp3) is 0.625. The summed E-state index contributed by atoms with van der Waals surface area (Å²) in [5, 5.41) is 0. The van der Waals surface area contributed by atoms with Crippen molar-refractivity contribution in [1.82, 2.24) is 0 Å². The van der Waals surface area contributed by atoms with Gasteiger partial charge in [-0.05, 0) is 25.3 Å². The van der Waals surface area contributed by atoms with Crippen LogP contribution in [0.15, 0.2) is 12.2 Å². The lowest BCUT2D eigenvalue weighted by Crippen LogP contribution is -2.23. The van der Waals surface area contributed by atoms with Crippen molar-refractivity contribution in [3.63, 3.8) is 0 Å². The van der Waals surface area contributed by atoms with E-state index in [1.807, 2.05) is 6.08 Å². The molecule has 0 radical (unpaired) electrons. The van der Waals surface area contributed by atoms with Crippen LogP contribution in [-0.4, -0.2) is 30.8 Å². The van der Waals surface area contributed by atoms with Gasteiger partial charge in [-0.15, -0.1) is 0 Å². The number of carbonyl (C=O) groups excluding carboxylic acids is 1. The minimum atomic E-state index is -4.27. The zero-order valence-corrected chi connectivity index (χ0v) is 8.37. The molecule has 1 atom stereocenters. The Balaban J connectivity index is 2.40. The van der Waals surface area contributed by atoms with Crippen LogP contribution in [0.3, 0.4) is 0 Å². The fourth-order valence-electron chi connectivity index (χ4n) is 1.23. The van der Waals surface area contributed by atoms with Gasteiger partial charge in [0.25, 0.3) is 10.1 Å². The van der Waals surface area contributed by atoms with Crippen molar-refractivity contribution in [2.24, 2.45) is 0 Å². The molecule has 0 aromatic rings. The van der Waals surface area contributed by atoms with E-state index in [0.29, 0.717) is 6.42 Å². The molecule has 14 heavy (non-hydrogen) atoms. The highest BCUT2D eigenvalue weighted by atomic mass is 32.2. The second-order valence-electron chi connectivity index (χ2n) is 3.11. The predicted molar refractivity (Wildman–Crippen MR) is 49.3 cm³/mol. The maximum atomic E-state index is 10.9. The van der Waals surface area contributed by atoms with Crippen LogP contribution < -0.4 is 0 Å². The zero-order valence-electron chi connectivity index (χ0n) is 7.55. The van der Waals surface area contributed by atoms with E-state index in [0.717, 1.165) is 12.8 Å². The van der Waals surface area contributed by atoms with E-state index in [4.69, 9.17) is 9.29 Å². The molecule has 0 heterocycles. The van der Waals surface area contributed by atoms with Gasteiger partial charge in [0.1, 0.15) is 6.10 Å². The van der Waals surface area contributed by atoms with E-state index in [1.165, 1.54) is 0 Å². The fourth-order valence-corrected chi connectivity index (χ4v) is 1.60. The van der Waals surface area contributed by atoms with Crippen LogP contribution in [0.1, 0.15) is 19.3 Å². The summed E-state index contributed by atoms with van der Waals surface area (Å²) < 4.78 is 33.8. The highest BCUT2D eigenvalue weighted by Crippen LogP contribution is 2.13. The zero-order chi connectivity index (χ0) is 10.6. The van der Waals surface area contributed by atoms with E-state index in [2.05, 4.69) is 0 Å². The Morgan fingerprint density at radius 3 is 2.79 bits per heavy atom. The lowest BCUT2D eigenvalue weighted by atomic mass is 10.1. The largest absolute Gasteiger partial charge is 0.457 e. The highest BCUT2D eigenvalue weighted by molar-refractivity contribution is 7.86. The van der Waals surface area contributed by atoms with Crippen molar-refractivity contribution in [1.29, 1.82) is 0 Å². The van der Waals surface area contributed by atoms with Gasteiger partial charge in [0.05, 0.1) is 0 Å². The van der Waals surface area contributed by atoms with Crippen LogP contribution in [0.4, 0.5) is 0 Å². The van der Waals surface area contributed by atoms with Crippen molar-refractivity contribution in [3.8, 4) is 0 Å². The van der Waals surface area contributed by atoms with Gasteiger partial charge in [-0.25, -0.2) is 0 Å². The smallest absolute Gasteiger partial charge is 0.324 e. The third-order valence-electron chi connectivity index (χ3n) is 1.79. The van der Waals surface area contributed by atoms with Crippen LogP contribution in [-0.2, 0) is 19.6 Å². The first-order valence-corrected chi connectivity index (χ1v) is 5.89. The van der Waals surface area contributed by atoms with Crippen LogP contribution in [0.25, 0.3) is 0 Å². The molecule has 0 unspecified atom stereocenters. The predicted octanol–water partition coefficient (Wildman–Crippen LogP) is 0.526. The van der Waals surface area contributed by atoms with Crippen molar-refractivity contribution < 1.29 is 22.5 Å². The summed E-state index contributed by atoms with van der Waals surface area (Å²) >= 11 is 0. The summed E-state index contributed by atoms with van der Waals surface area (Å²) in [6.07, 6.45) is 5.83. The van der Waals surface area contributed by atoms with Gasteiger partial charge in [0.15, 0.2) is 5.75 Å². The summed E-state index contributed by atoms with van der Waals surface area (Å²) in [4.78, 5) is 10.9. The molecule has 6 heteroatoms. The standard InChI is InChI=1S/C8H12O5S/c9-8(6-14(10,11)12)13-7-4-2-1-3-5-7/h2,4,7H,1,3,5-6H2,(H,10,11,12)/t7-/m1/s1. The number of carbonyl (C=O) groups is 1. The van der Waals surface area contributed by atoms with Gasteiger partial charge in [-0.1, -0.05) is 6.08 Å². The van der Waals surface area contributed by atoms with E-state index < -0.39 is 21.8 Å².